The van der Waals surface area contributed by atoms with Crippen molar-refractivity contribution < 1.29 is 13.2 Å². The summed E-state index contributed by atoms with van der Waals surface area (Å²) in [7, 11) is -0.946. The minimum atomic E-state index is -2.87. The van der Waals surface area contributed by atoms with E-state index in [0.717, 1.165) is 32.5 Å². The number of hydrogen-bond donors (Lipinski definition) is 0. The number of rotatable bonds is 6. The Balaban J connectivity index is 1.38. The molecule has 0 bridgehead atoms. The van der Waals surface area contributed by atoms with Crippen molar-refractivity contribution in [2.45, 2.75) is 38.3 Å². The highest BCUT2D eigenvalue weighted by Crippen LogP contribution is 2.20. The summed E-state index contributed by atoms with van der Waals surface area (Å²) in [4.78, 5) is 16.4. The Morgan fingerprint density at radius 2 is 2.04 bits per heavy atom. The summed E-state index contributed by atoms with van der Waals surface area (Å²) in [6.45, 7) is 3.18. The average Bonchev–Trinajstić information content (AvgIpc) is 3.22. The fraction of sp³-hybridized carbons (Fsp3) is 0.765. The van der Waals surface area contributed by atoms with Crippen LogP contribution in [-0.2, 0) is 21.2 Å². The summed E-state index contributed by atoms with van der Waals surface area (Å²) in [5.41, 5.74) is 0. The van der Waals surface area contributed by atoms with Gasteiger partial charge in [0.2, 0.25) is 5.91 Å². The highest BCUT2D eigenvalue weighted by molar-refractivity contribution is 7.91. The van der Waals surface area contributed by atoms with Gasteiger partial charge in [0.15, 0.2) is 9.84 Å². The average molecular weight is 369 g/mol. The van der Waals surface area contributed by atoms with Crippen LogP contribution in [0.1, 0.15) is 25.7 Å². The molecule has 1 aromatic heterocycles. The van der Waals surface area contributed by atoms with Gasteiger partial charge in [-0.3, -0.25) is 9.48 Å². The largest absolute Gasteiger partial charge is 0.343 e. The zero-order chi connectivity index (χ0) is 17.9. The Bertz CT molecular complexity index is 666. The van der Waals surface area contributed by atoms with E-state index in [1.807, 2.05) is 33.8 Å². The molecule has 3 rings (SSSR count). The lowest BCUT2D eigenvalue weighted by molar-refractivity contribution is -0.133. The Hall–Kier alpha value is -1.41. The molecule has 25 heavy (non-hydrogen) atoms. The summed E-state index contributed by atoms with van der Waals surface area (Å²) in [5.74, 6) is 1.27. The van der Waals surface area contributed by atoms with Gasteiger partial charge in [-0.2, -0.15) is 5.10 Å². The highest BCUT2D eigenvalue weighted by Gasteiger charge is 2.31. The van der Waals surface area contributed by atoms with Crippen LogP contribution in [0.15, 0.2) is 18.5 Å². The van der Waals surface area contributed by atoms with Crippen molar-refractivity contribution in [2.24, 2.45) is 5.92 Å². The highest BCUT2D eigenvalue weighted by atomic mass is 32.2. The topological polar surface area (TPSA) is 75.5 Å². The van der Waals surface area contributed by atoms with Gasteiger partial charge in [0.05, 0.1) is 11.5 Å². The molecule has 0 aliphatic carbocycles. The van der Waals surface area contributed by atoms with Gasteiger partial charge in [-0.05, 0) is 38.3 Å². The van der Waals surface area contributed by atoms with Crippen LogP contribution in [-0.4, -0.2) is 78.1 Å². The van der Waals surface area contributed by atoms with Crippen LogP contribution in [0.4, 0.5) is 0 Å². The van der Waals surface area contributed by atoms with E-state index in [4.69, 9.17) is 0 Å². The predicted molar refractivity (Wildman–Crippen MR) is 95.8 cm³/mol. The van der Waals surface area contributed by atoms with Crippen molar-refractivity contribution in [1.29, 1.82) is 0 Å². The third-order valence-corrected chi connectivity index (χ3v) is 7.23. The third kappa shape index (κ3) is 5.04. The summed E-state index contributed by atoms with van der Waals surface area (Å²) < 4.78 is 25.1. The van der Waals surface area contributed by atoms with E-state index in [1.54, 1.807) is 6.20 Å². The number of hydrogen-bond acceptors (Lipinski definition) is 5. The molecule has 3 heterocycles. The maximum Gasteiger partial charge on any atom is 0.223 e. The molecule has 8 heteroatoms. The normalized spacial score (nSPS) is 24.1. The van der Waals surface area contributed by atoms with E-state index in [9.17, 15) is 13.2 Å². The third-order valence-electron chi connectivity index (χ3n) is 5.48. The number of piperidine rings is 1. The van der Waals surface area contributed by atoms with Gasteiger partial charge < -0.3 is 9.80 Å². The molecule has 7 nitrogen and oxygen atoms in total. The number of nitrogens with zero attached hydrogens (tertiary/aromatic N) is 4. The van der Waals surface area contributed by atoms with Crippen LogP contribution >= 0.6 is 0 Å². The standard InChI is InChI=1S/C17H28N4O3S/c1-19(16-6-12-25(23,24)14-16)9-5-17(22)20-10-3-15(4-11-20)13-21-8-2-7-18-21/h2,7-8,15-16H,3-6,9-14H2,1H3. The van der Waals surface area contributed by atoms with Crippen LogP contribution in [0.5, 0.6) is 0 Å². The van der Waals surface area contributed by atoms with Crippen molar-refractivity contribution >= 4 is 15.7 Å². The first-order chi connectivity index (χ1) is 11.9. The summed E-state index contributed by atoms with van der Waals surface area (Å²) in [5, 5.41) is 4.25. The van der Waals surface area contributed by atoms with Crippen molar-refractivity contribution in [3.05, 3.63) is 18.5 Å². The van der Waals surface area contributed by atoms with E-state index in [1.165, 1.54) is 0 Å². The zero-order valence-electron chi connectivity index (χ0n) is 14.9. The molecule has 1 unspecified atom stereocenters. The Kier molecular flexibility index (Phi) is 5.78. The molecular weight excluding hydrogens is 340 g/mol. The molecule has 0 saturated carbocycles. The van der Waals surface area contributed by atoms with E-state index in [2.05, 4.69) is 5.10 Å². The molecule has 140 valence electrons. The molecule has 2 saturated heterocycles. The minimum Gasteiger partial charge on any atom is -0.343 e. The van der Waals surface area contributed by atoms with Crippen molar-refractivity contribution in [2.75, 3.05) is 38.2 Å². The monoisotopic (exact) mass is 368 g/mol. The van der Waals surface area contributed by atoms with E-state index in [0.29, 0.717) is 25.3 Å². The van der Waals surface area contributed by atoms with Gasteiger partial charge in [-0.25, -0.2) is 8.42 Å². The SMILES string of the molecule is CN(CCC(=O)N1CCC(Cn2cccn2)CC1)C1CCS(=O)(=O)C1. The Morgan fingerprint density at radius 3 is 2.64 bits per heavy atom. The van der Waals surface area contributed by atoms with Crippen LogP contribution in [0, 0.1) is 5.92 Å². The molecular formula is C17H28N4O3S. The maximum absolute atomic E-state index is 12.4. The van der Waals surface area contributed by atoms with Gasteiger partial charge in [-0.1, -0.05) is 0 Å². The molecule has 0 radical (unpaired) electrons. The number of carbonyl (C=O) groups excluding carboxylic acids is 1. The molecule has 2 aliphatic heterocycles. The number of likely N-dealkylation sites (tertiary alicyclic amines) is 1. The summed E-state index contributed by atoms with van der Waals surface area (Å²) in [6.07, 6.45) is 6.97. The Labute approximate surface area is 149 Å². The first-order valence-corrected chi connectivity index (χ1v) is 10.9. The molecule has 1 atom stereocenters. The van der Waals surface area contributed by atoms with Crippen LogP contribution in [0.2, 0.25) is 0 Å². The van der Waals surface area contributed by atoms with E-state index in [-0.39, 0.29) is 23.5 Å². The van der Waals surface area contributed by atoms with Crippen molar-refractivity contribution in [1.82, 2.24) is 19.6 Å². The van der Waals surface area contributed by atoms with E-state index < -0.39 is 9.84 Å². The number of amides is 1. The van der Waals surface area contributed by atoms with Crippen molar-refractivity contribution in [3.8, 4) is 0 Å². The van der Waals surface area contributed by atoms with Gasteiger partial charge in [-0.15, -0.1) is 0 Å². The molecule has 2 fully saturated rings. The quantitative estimate of drug-likeness (QED) is 0.736. The predicted octanol–water partition coefficient (Wildman–Crippen LogP) is 0.631. The number of aromatic nitrogens is 2. The lowest BCUT2D eigenvalue weighted by Crippen LogP contribution is -2.41. The van der Waals surface area contributed by atoms with Gasteiger partial charge in [0.25, 0.3) is 0 Å². The van der Waals surface area contributed by atoms with Crippen LogP contribution in [0.25, 0.3) is 0 Å². The summed E-state index contributed by atoms with van der Waals surface area (Å²) >= 11 is 0. The van der Waals surface area contributed by atoms with E-state index >= 15 is 0 Å². The Morgan fingerprint density at radius 1 is 1.28 bits per heavy atom. The van der Waals surface area contributed by atoms with Gasteiger partial charge in [0.1, 0.15) is 0 Å². The first kappa shape index (κ1) is 18.4. The lowest BCUT2D eigenvalue weighted by Gasteiger charge is -2.32. The van der Waals surface area contributed by atoms with Crippen LogP contribution < -0.4 is 0 Å². The van der Waals surface area contributed by atoms with Gasteiger partial charge in [0, 0.05) is 51.0 Å². The van der Waals surface area contributed by atoms with Crippen molar-refractivity contribution in [3.63, 3.8) is 0 Å². The smallest absolute Gasteiger partial charge is 0.223 e. The molecule has 2 aliphatic rings. The summed E-state index contributed by atoms with van der Waals surface area (Å²) in [6, 6.07) is 2.00. The van der Waals surface area contributed by atoms with Crippen LogP contribution in [0.3, 0.4) is 0 Å². The first-order valence-electron chi connectivity index (χ1n) is 9.09. The fourth-order valence-electron chi connectivity index (χ4n) is 3.77. The molecule has 0 N–H and O–H groups in total. The molecule has 0 aromatic carbocycles. The minimum absolute atomic E-state index is 0.0672. The maximum atomic E-state index is 12.4. The second-order valence-electron chi connectivity index (χ2n) is 7.34. The number of carbonyl (C=O) groups is 1. The second kappa shape index (κ2) is 7.86. The second-order valence-corrected chi connectivity index (χ2v) is 9.57. The zero-order valence-corrected chi connectivity index (χ0v) is 15.7. The fourth-order valence-corrected chi connectivity index (χ4v) is 5.58. The lowest BCUT2D eigenvalue weighted by atomic mass is 9.96. The molecule has 0 spiro atoms. The molecule has 1 amide bonds. The van der Waals surface area contributed by atoms with Gasteiger partial charge >= 0.3 is 0 Å². The molecule has 1 aromatic rings. The number of sulfone groups is 1.